The number of amides is 1. The lowest BCUT2D eigenvalue weighted by molar-refractivity contribution is -0.122. The minimum absolute atomic E-state index is 0.0237. The first kappa shape index (κ1) is 20.5. The van der Waals surface area contributed by atoms with Gasteiger partial charge in [0.25, 0.3) is 5.78 Å². The van der Waals surface area contributed by atoms with Gasteiger partial charge in [-0.25, -0.2) is 18.3 Å². The number of nitrogens with one attached hydrogen (secondary N) is 2. The topological polar surface area (TPSA) is 93.3 Å². The van der Waals surface area contributed by atoms with Gasteiger partial charge in [0.05, 0.1) is 5.02 Å². The van der Waals surface area contributed by atoms with E-state index in [1.807, 2.05) is 31.2 Å². The highest BCUT2D eigenvalue weighted by Gasteiger charge is 2.12. The molecule has 2 aromatic carbocycles. The van der Waals surface area contributed by atoms with E-state index in [0.717, 1.165) is 15.9 Å². The van der Waals surface area contributed by atoms with E-state index in [4.69, 9.17) is 11.6 Å². The van der Waals surface area contributed by atoms with E-state index in [-0.39, 0.29) is 23.9 Å². The molecule has 2 heterocycles. The van der Waals surface area contributed by atoms with Crippen LogP contribution in [0.5, 0.6) is 0 Å². The molecule has 0 saturated heterocycles. The number of carbonyl (C=O) groups is 1. The smallest absolute Gasteiger partial charge is 0.350 e. The highest BCUT2D eigenvalue weighted by atomic mass is 35.5. The third kappa shape index (κ3) is 4.72. The first-order valence-corrected chi connectivity index (χ1v) is 9.77. The second-order valence-electron chi connectivity index (χ2n) is 6.94. The number of benzene rings is 2. The maximum atomic E-state index is 13.2. The summed E-state index contributed by atoms with van der Waals surface area (Å²) in [6, 6.07) is 13.6. The standard InChI is InChI=1S/C21H18ClFN6O2/c1-13-2-5-15(6-3-13)25-18-8-9-28-20(26-18)27-29(21(28)31)12-19(30)24-11-14-4-7-17(23)16(22)10-14/h2-10H,11-12H2,1H3,(H,24,30)(H,25,26,27). The first-order valence-electron chi connectivity index (χ1n) is 9.39. The van der Waals surface area contributed by atoms with Crippen molar-refractivity contribution in [1.29, 1.82) is 0 Å². The van der Waals surface area contributed by atoms with Crippen molar-refractivity contribution in [3.8, 4) is 0 Å². The van der Waals surface area contributed by atoms with Gasteiger partial charge in [-0.3, -0.25) is 4.79 Å². The van der Waals surface area contributed by atoms with Gasteiger partial charge in [0.2, 0.25) is 5.91 Å². The van der Waals surface area contributed by atoms with Crippen LogP contribution in [0.1, 0.15) is 11.1 Å². The molecular weight excluding hydrogens is 423 g/mol. The zero-order valence-corrected chi connectivity index (χ0v) is 17.2. The molecule has 2 N–H and O–H groups in total. The summed E-state index contributed by atoms with van der Waals surface area (Å²) in [5.74, 6) is -0.271. The Hall–Kier alpha value is -3.72. The van der Waals surface area contributed by atoms with Gasteiger partial charge >= 0.3 is 5.69 Å². The van der Waals surface area contributed by atoms with Gasteiger partial charge < -0.3 is 10.6 Å². The fraction of sp³-hybridized carbons (Fsp3) is 0.143. The summed E-state index contributed by atoms with van der Waals surface area (Å²) in [7, 11) is 0. The molecule has 0 aliphatic heterocycles. The van der Waals surface area contributed by atoms with E-state index in [1.165, 1.54) is 22.6 Å². The molecule has 31 heavy (non-hydrogen) atoms. The Kier molecular flexibility index (Phi) is 5.68. The molecule has 8 nitrogen and oxygen atoms in total. The Morgan fingerprint density at radius 3 is 2.68 bits per heavy atom. The predicted octanol–water partition coefficient (Wildman–Crippen LogP) is 3.05. The molecule has 0 spiro atoms. The number of hydrogen-bond acceptors (Lipinski definition) is 5. The van der Waals surface area contributed by atoms with Crippen molar-refractivity contribution in [3.05, 3.63) is 87.2 Å². The van der Waals surface area contributed by atoms with Crippen LogP contribution >= 0.6 is 11.6 Å². The third-order valence-electron chi connectivity index (χ3n) is 4.55. The Morgan fingerprint density at radius 2 is 1.94 bits per heavy atom. The summed E-state index contributed by atoms with van der Waals surface area (Å²) in [5.41, 5.74) is 2.14. The van der Waals surface area contributed by atoms with Crippen LogP contribution in [0.4, 0.5) is 15.9 Å². The first-order chi connectivity index (χ1) is 14.9. The van der Waals surface area contributed by atoms with Crippen LogP contribution in [0.3, 0.4) is 0 Å². The summed E-state index contributed by atoms with van der Waals surface area (Å²) in [6.45, 7) is 1.86. The van der Waals surface area contributed by atoms with Crippen LogP contribution in [-0.4, -0.2) is 25.1 Å². The molecule has 0 bridgehead atoms. The second kappa shape index (κ2) is 8.57. The number of aromatic nitrogens is 4. The molecule has 4 aromatic rings. The molecule has 2 aromatic heterocycles. The maximum absolute atomic E-state index is 13.2. The summed E-state index contributed by atoms with van der Waals surface area (Å²) in [6.07, 6.45) is 1.54. The molecule has 0 unspecified atom stereocenters. The lowest BCUT2D eigenvalue weighted by atomic mass is 10.2. The largest absolute Gasteiger partial charge is 0.352 e. The molecule has 158 valence electrons. The molecule has 0 fully saturated rings. The van der Waals surface area contributed by atoms with Crippen molar-refractivity contribution in [1.82, 2.24) is 24.5 Å². The second-order valence-corrected chi connectivity index (χ2v) is 7.35. The SMILES string of the molecule is Cc1ccc(Nc2ccn3c(=O)n(CC(=O)NCc4ccc(F)c(Cl)c4)nc3n2)cc1. The minimum Gasteiger partial charge on any atom is -0.350 e. The zero-order chi connectivity index (χ0) is 22.0. The number of anilines is 2. The molecule has 0 saturated carbocycles. The van der Waals surface area contributed by atoms with Crippen LogP contribution in [0.2, 0.25) is 5.02 Å². The number of rotatable bonds is 6. The quantitative estimate of drug-likeness (QED) is 0.480. The van der Waals surface area contributed by atoms with E-state index < -0.39 is 17.4 Å². The van der Waals surface area contributed by atoms with Crippen LogP contribution in [0.15, 0.2) is 59.5 Å². The Bertz CT molecular complexity index is 1320. The van der Waals surface area contributed by atoms with Gasteiger partial charge in [-0.05, 0) is 42.8 Å². The summed E-state index contributed by atoms with van der Waals surface area (Å²) in [5, 5.41) is 9.91. The van der Waals surface area contributed by atoms with Crippen LogP contribution in [-0.2, 0) is 17.9 Å². The summed E-state index contributed by atoms with van der Waals surface area (Å²) < 4.78 is 15.5. The monoisotopic (exact) mass is 440 g/mol. The van der Waals surface area contributed by atoms with E-state index in [2.05, 4.69) is 20.7 Å². The number of nitrogens with zero attached hydrogens (tertiary/aromatic N) is 4. The van der Waals surface area contributed by atoms with Crippen molar-refractivity contribution in [3.63, 3.8) is 0 Å². The van der Waals surface area contributed by atoms with Gasteiger partial charge in [-0.1, -0.05) is 35.4 Å². The summed E-state index contributed by atoms with van der Waals surface area (Å²) in [4.78, 5) is 29.1. The predicted molar refractivity (Wildman–Crippen MR) is 115 cm³/mol. The molecule has 0 aliphatic rings. The fourth-order valence-electron chi connectivity index (χ4n) is 2.91. The number of hydrogen-bond donors (Lipinski definition) is 2. The Labute approximate surface area is 181 Å². The Balaban J connectivity index is 1.45. The molecule has 10 heteroatoms. The van der Waals surface area contributed by atoms with Crippen LogP contribution in [0, 0.1) is 12.7 Å². The average molecular weight is 441 g/mol. The van der Waals surface area contributed by atoms with Gasteiger partial charge in [-0.2, -0.15) is 4.98 Å². The van der Waals surface area contributed by atoms with Crippen LogP contribution < -0.4 is 16.3 Å². The van der Waals surface area contributed by atoms with Gasteiger partial charge in [0.15, 0.2) is 0 Å². The van der Waals surface area contributed by atoms with Crippen molar-refractivity contribution in [2.45, 2.75) is 20.0 Å². The normalized spacial score (nSPS) is 10.9. The van der Waals surface area contributed by atoms with Crippen molar-refractivity contribution >= 4 is 34.8 Å². The molecule has 1 amide bonds. The number of carbonyl (C=O) groups excluding carboxylic acids is 1. The maximum Gasteiger partial charge on any atom is 0.352 e. The minimum atomic E-state index is -0.531. The fourth-order valence-corrected chi connectivity index (χ4v) is 3.11. The molecular formula is C21H18ClFN6O2. The lowest BCUT2D eigenvalue weighted by Crippen LogP contribution is -2.32. The van der Waals surface area contributed by atoms with Crippen molar-refractivity contribution in [2.24, 2.45) is 0 Å². The molecule has 0 atom stereocenters. The van der Waals surface area contributed by atoms with E-state index in [9.17, 15) is 14.0 Å². The van der Waals surface area contributed by atoms with Crippen molar-refractivity contribution in [2.75, 3.05) is 5.32 Å². The van der Waals surface area contributed by atoms with E-state index in [0.29, 0.717) is 11.4 Å². The zero-order valence-electron chi connectivity index (χ0n) is 16.5. The third-order valence-corrected chi connectivity index (χ3v) is 4.84. The van der Waals surface area contributed by atoms with E-state index in [1.54, 1.807) is 12.3 Å². The van der Waals surface area contributed by atoms with Gasteiger partial charge in [0.1, 0.15) is 18.2 Å². The average Bonchev–Trinajstić information content (AvgIpc) is 3.05. The molecule has 4 rings (SSSR count). The van der Waals surface area contributed by atoms with Crippen LogP contribution in [0.25, 0.3) is 5.78 Å². The molecule has 0 radical (unpaired) electrons. The molecule has 0 aliphatic carbocycles. The number of fused-ring (bicyclic) bond motifs is 1. The van der Waals surface area contributed by atoms with Gasteiger partial charge in [-0.15, -0.1) is 5.10 Å². The van der Waals surface area contributed by atoms with Gasteiger partial charge in [0, 0.05) is 18.4 Å². The van der Waals surface area contributed by atoms with Crippen molar-refractivity contribution < 1.29 is 9.18 Å². The Morgan fingerprint density at radius 1 is 1.16 bits per heavy atom. The number of halogens is 2. The highest BCUT2D eigenvalue weighted by molar-refractivity contribution is 6.30. The van der Waals surface area contributed by atoms with E-state index >= 15 is 0 Å². The number of aryl methyl sites for hydroxylation is 1. The lowest BCUT2D eigenvalue weighted by Gasteiger charge is -2.05. The highest BCUT2D eigenvalue weighted by Crippen LogP contribution is 2.16. The summed E-state index contributed by atoms with van der Waals surface area (Å²) >= 11 is 5.74.